The maximum Gasteiger partial charge on any atom is 0.232 e. The molecule has 0 saturated carbocycles. The monoisotopic (exact) mass is 519 g/mol. The number of allylic oxidation sites excluding steroid dienone is 1. The van der Waals surface area contributed by atoms with Crippen LogP contribution in [0.4, 0.5) is 0 Å². The maximum atomic E-state index is 13.2. The lowest BCUT2D eigenvalue weighted by molar-refractivity contribution is 0.0633. The molecular formula is C23H22BrNO6S. The summed E-state index contributed by atoms with van der Waals surface area (Å²) in [5.41, 5.74) is 2.80. The van der Waals surface area contributed by atoms with Gasteiger partial charge in [-0.1, -0.05) is 15.9 Å². The first-order chi connectivity index (χ1) is 15.3. The molecule has 0 radical (unpaired) electrons. The number of hydrogen-bond acceptors (Lipinski definition) is 7. The summed E-state index contributed by atoms with van der Waals surface area (Å²) in [5, 5.41) is 0. The number of benzene rings is 2. The number of carbonyl (C=O) groups excluding carboxylic acids is 1. The second-order valence-corrected chi connectivity index (χ2v) is 11.4. The Kier molecular flexibility index (Phi) is 5.30. The van der Waals surface area contributed by atoms with Crippen molar-refractivity contribution in [1.82, 2.24) is 4.90 Å². The summed E-state index contributed by atoms with van der Waals surface area (Å²) < 4.78 is 42.2. The normalized spacial score (nSPS) is 22.9. The smallest absolute Gasteiger partial charge is 0.232 e. The van der Waals surface area contributed by atoms with E-state index in [0.717, 1.165) is 21.2 Å². The molecule has 3 heterocycles. The second-order valence-electron chi connectivity index (χ2n) is 8.28. The molecule has 7 nitrogen and oxygen atoms in total. The Hall–Kier alpha value is -2.36. The highest BCUT2D eigenvalue weighted by Crippen LogP contribution is 2.45. The molecule has 3 aliphatic rings. The third kappa shape index (κ3) is 3.72. The van der Waals surface area contributed by atoms with Gasteiger partial charge in [0.25, 0.3) is 0 Å². The molecule has 32 heavy (non-hydrogen) atoms. The lowest BCUT2D eigenvalue weighted by Crippen LogP contribution is -2.41. The molecule has 1 unspecified atom stereocenters. The Morgan fingerprint density at radius 1 is 1.28 bits per heavy atom. The maximum absolute atomic E-state index is 13.2. The fourth-order valence-electron chi connectivity index (χ4n) is 4.50. The topological polar surface area (TPSA) is 82.1 Å². The Morgan fingerprint density at radius 3 is 2.81 bits per heavy atom. The third-order valence-electron chi connectivity index (χ3n) is 6.15. The zero-order valence-electron chi connectivity index (χ0n) is 17.7. The van der Waals surface area contributed by atoms with Crippen LogP contribution in [0.3, 0.4) is 0 Å². The van der Waals surface area contributed by atoms with E-state index in [1.54, 1.807) is 13.2 Å². The standard InChI is InChI=1S/C23H22BrNO6S/c1-13-7-19-17(10-25(12-30-19)16-5-6-32(27,28)11-16)23-21(13)22(26)20(31-23)9-14-8-15(24)3-4-18(14)29-2/h3-4,7-9,16H,5-6,10-12H2,1-2H3/b20-9-. The van der Waals surface area contributed by atoms with Crippen LogP contribution in [-0.2, 0) is 16.4 Å². The van der Waals surface area contributed by atoms with Gasteiger partial charge in [-0.3, -0.25) is 9.69 Å². The van der Waals surface area contributed by atoms with E-state index in [4.69, 9.17) is 14.2 Å². The van der Waals surface area contributed by atoms with Crippen molar-refractivity contribution in [2.24, 2.45) is 0 Å². The van der Waals surface area contributed by atoms with Crippen molar-refractivity contribution in [3.05, 3.63) is 56.8 Å². The van der Waals surface area contributed by atoms with Gasteiger partial charge >= 0.3 is 0 Å². The number of carbonyl (C=O) groups is 1. The summed E-state index contributed by atoms with van der Waals surface area (Å²) in [6.45, 7) is 2.65. The van der Waals surface area contributed by atoms with Gasteiger partial charge in [0.15, 0.2) is 15.6 Å². The number of rotatable bonds is 3. The van der Waals surface area contributed by atoms with Crippen LogP contribution in [0.2, 0.25) is 0 Å². The number of halogens is 1. The van der Waals surface area contributed by atoms with Gasteiger partial charge in [-0.15, -0.1) is 0 Å². The summed E-state index contributed by atoms with van der Waals surface area (Å²) in [4.78, 5) is 15.2. The van der Waals surface area contributed by atoms with Crippen LogP contribution in [0.1, 0.15) is 33.5 Å². The molecule has 1 fully saturated rings. The number of Topliss-reactive ketones (excluding diaryl/α,β-unsaturated/α-hetero) is 1. The molecule has 0 amide bonds. The molecular weight excluding hydrogens is 498 g/mol. The van der Waals surface area contributed by atoms with Gasteiger partial charge in [0.2, 0.25) is 5.78 Å². The predicted octanol–water partition coefficient (Wildman–Crippen LogP) is 3.72. The van der Waals surface area contributed by atoms with Crippen LogP contribution in [-0.4, -0.2) is 50.5 Å². The van der Waals surface area contributed by atoms with Crippen LogP contribution in [0.15, 0.2) is 34.5 Å². The Bertz CT molecular complexity index is 1270. The van der Waals surface area contributed by atoms with Gasteiger partial charge in [0.05, 0.1) is 29.7 Å². The predicted molar refractivity (Wildman–Crippen MR) is 123 cm³/mol. The highest BCUT2D eigenvalue weighted by Gasteiger charge is 2.39. The van der Waals surface area contributed by atoms with Gasteiger partial charge in [-0.25, -0.2) is 8.42 Å². The minimum Gasteiger partial charge on any atom is -0.496 e. The first kappa shape index (κ1) is 21.5. The average Bonchev–Trinajstić information content (AvgIpc) is 3.28. The highest BCUT2D eigenvalue weighted by molar-refractivity contribution is 9.10. The third-order valence-corrected chi connectivity index (χ3v) is 8.40. The van der Waals surface area contributed by atoms with Crippen molar-refractivity contribution in [1.29, 1.82) is 0 Å². The molecule has 0 aliphatic carbocycles. The molecule has 3 aliphatic heterocycles. The number of hydrogen-bond donors (Lipinski definition) is 0. The van der Waals surface area contributed by atoms with Crippen LogP contribution in [0.5, 0.6) is 17.2 Å². The lowest BCUT2D eigenvalue weighted by Gasteiger charge is -2.33. The SMILES string of the molecule is COc1ccc(Br)cc1/C=C1\Oc2c3c(cc(C)c2C1=O)OCN(C1CCS(=O)(=O)C1)C3. The van der Waals surface area contributed by atoms with Crippen LogP contribution >= 0.6 is 15.9 Å². The summed E-state index contributed by atoms with van der Waals surface area (Å²) in [6.07, 6.45) is 2.27. The highest BCUT2D eigenvalue weighted by atomic mass is 79.9. The van der Waals surface area contributed by atoms with E-state index < -0.39 is 9.84 Å². The zero-order valence-corrected chi connectivity index (χ0v) is 20.1. The molecule has 1 atom stereocenters. The van der Waals surface area contributed by atoms with Crippen molar-refractivity contribution >= 4 is 37.6 Å². The van der Waals surface area contributed by atoms with E-state index in [1.165, 1.54) is 0 Å². The first-order valence-corrected chi connectivity index (χ1v) is 12.9. The fourth-order valence-corrected chi connectivity index (χ4v) is 6.64. The minimum absolute atomic E-state index is 0.0943. The van der Waals surface area contributed by atoms with E-state index in [9.17, 15) is 13.2 Å². The zero-order chi connectivity index (χ0) is 22.6. The molecule has 168 valence electrons. The molecule has 5 rings (SSSR count). The second kappa shape index (κ2) is 7.90. The Labute approximate surface area is 195 Å². The van der Waals surface area contributed by atoms with Gasteiger partial charge in [-0.2, -0.15) is 0 Å². The Balaban J connectivity index is 1.51. The van der Waals surface area contributed by atoms with E-state index in [1.807, 2.05) is 36.1 Å². The van der Waals surface area contributed by atoms with Crippen LogP contribution in [0.25, 0.3) is 6.08 Å². The van der Waals surface area contributed by atoms with E-state index in [-0.39, 0.29) is 29.1 Å². The van der Waals surface area contributed by atoms with Crippen molar-refractivity contribution < 1.29 is 27.4 Å². The molecule has 0 spiro atoms. The number of ether oxygens (including phenoxy) is 3. The molecule has 2 aromatic rings. The molecule has 1 saturated heterocycles. The van der Waals surface area contributed by atoms with Gasteiger partial charge < -0.3 is 14.2 Å². The van der Waals surface area contributed by atoms with Gasteiger partial charge in [-0.05, 0) is 49.2 Å². The van der Waals surface area contributed by atoms with Gasteiger partial charge in [0, 0.05) is 22.6 Å². The number of nitrogens with zero attached hydrogens (tertiary/aromatic N) is 1. The summed E-state index contributed by atoms with van der Waals surface area (Å²) in [5.74, 6) is 2.15. The summed E-state index contributed by atoms with van der Waals surface area (Å²) >= 11 is 3.45. The van der Waals surface area contributed by atoms with Crippen LogP contribution in [0, 0.1) is 6.92 Å². The minimum atomic E-state index is -3.01. The van der Waals surface area contributed by atoms with E-state index >= 15 is 0 Å². The number of aryl methyl sites for hydroxylation is 1. The van der Waals surface area contributed by atoms with Crippen LogP contribution < -0.4 is 14.2 Å². The molecule has 0 aromatic heterocycles. The molecule has 0 N–H and O–H groups in total. The fraction of sp³-hybridized carbons (Fsp3) is 0.348. The number of ketones is 1. The first-order valence-electron chi connectivity index (χ1n) is 10.3. The summed E-state index contributed by atoms with van der Waals surface area (Å²) in [7, 11) is -1.43. The lowest BCUT2D eigenvalue weighted by atomic mass is 9.98. The molecule has 2 aromatic carbocycles. The van der Waals surface area contributed by atoms with Gasteiger partial charge in [0.1, 0.15) is 24.0 Å². The molecule has 9 heteroatoms. The molecule has 0 bridgehead atoms. The summed E-state index contributed by atoms with van der Waals surface area (Å²) in [6, 6.07) is 7.31. The van der Waals surface area contributed by atoms with Crippen molar-refractivity contribution in [2.45, 2.75) is 25.9 Å². The quantitative estimate of drug-likeness (QED) is 0.571. The largest absolute Gasteiger partial charge is 0.496 e. The van der Waals surface area contributed by atoms with E-state index in [2.05, 4.69) is 15.9 Å². The number of fused-ring (bicyclic) bond motifs is 3. The van der Waals surface area contributed by atoms with Crippen molar-refractivity contribution in [3.8, 4) is 17.2 Å². The van der Waals surface area contributed by atoms with E-state index in [0.29, 0.717) is 42.5 Å². The number of methoxy groups -OCH3 is 1. The van der Waals surface area contributed by atoms with Crippen molar-refractivity contribution in [3.63, 3.8) is 0 Å². The Morgan fingerprint density at radius 2 is 2.09 bits per heavy atom. The average molecular weight is 520 g/mol. The number of sulfone groups is 1. The van der Waals surface area contributed by atoms with Crippen molar-refractivity contribution in [2.75, 3.05) is 25.3 Å².